The Morgan fingerprint density at radius 2 is 1.67 bits per heavy atom. The maximum Gasteiger partial charge on any atom is -0.00909 e. The molecule has 0 nitrogen and oxygen atoms in total. The highest BCUT2D eigenvalue weighted by Gasteiger charge is 1.80. The average molecular weight is 106 g/mol. The maximum atomic E-state index is 6.66. The van der Waals surface area contributed by atoms with Gasteiger partial charge in [0.25, 0.3) is 0 Å². The first-order valence-electron chi connectivity index (χ1n) is 1.92. The quantitative estimate of drug-likeness (QED) is 0.479. The summed E-state index contributed by atoms with van der Waals surface area (Å²) in [5.74, 6) is 0.551. The zero-order valence-electron chi connectivity index (χ0n) is 4.19. The Labute approximate surface area is 46.4 Å². The number of hydrogen-bond donors (Lipinski definition) is 0. The van der Waals surface area contributed by atoms with Gasteiger partial charge in [0.05, 0.1) is 0 Å². The van der Waals surface area contributed by atoms with Gasteiger partial charge in [0.1, 0.15) is 0 Å². The van der Waals surface area contributed by atoms with E-state index in [4.69, 9.17) is 6.92 Å². The number of halogens is 1. The molecule has 0 aliphatic carbocycles. The summed E-state index contributed by atoms with van der Waals surface area (Å²) in [6, 6.07) is 0. The summed E-state index contributed by atoms with van der Waals surface area (Å²) in [4.78, 5) is 0. The summed E-state index contributed by atoms with van der Waals surface area (Å²) >= 11 is 0. The largest absolute Gasteiger partial charge is 0.147 e. The van der Waals surface area contributed by atoms with Crippen molar-refractivity contribution < 1.29 is 0 Å². The highest BCUT2D eigenvalue weighted by molar-refractivity contribution is 5.85. The lowest BCUT2D eigenvalue weighted by Crippen LogP contribution is -1.77. The van der Waals surface area contributed by atoms with Crippen molar-refractivity contribution in [1.82, 2.24) is 0 Å². The highest BCUT2D eigenvalue weighted by Crippen LogP contribution is 1.93. The van der Waals surface area contributed by atoms with E-state index in [2.05, 4.69) is 0 Å². The molecule has 0 atom stereocenters. The van der Waals surface area contributed by atoms with Crippen LogP contribution in [0.3, 0.4) is 0 Å². The van der Waals surface area contributed by atoms with E-state index < -0.39 is 0 Å². The zero-order chi connectivity index (χ0) is 4.28. The summed E-state index contributed by atoms with van der Waals surface area (Å²) in [7, 11) is 0. The molecule has 0 unspecified atom stereocenters. The van der Waals surface area contributed by atoms with Crippen LogP contribution < -0.4 is 0 Å². The predicted octanol–water partition coefficient (Wildman–Crippen LogP) is 2.04. The molecule has 0 saturated heterocycles. The molecule has 0 aromatic carbocycles. The van der Waals surface area contributed by atoms with Crippen LogP contribution in [-0.2, 0) is 0 Å². The molecular formula is C5H10Cl. The molecule has 0 aliphatic heterocycles. The number of hydrogen-bond acceptors (Lipinski definition) is 0. The fourth-order valence-electron chi connectivity index (χ4n) is 0. The van der Waals surface area contributed by atoms with Crippen molar-refractivity contribution in [2.24, 2.45) is 5.92 Å². The molecule has 1 heteroatoms. The standard InChI is InChI=1S/C5H9.ClH/c1-4-5(2)3;/h5H,4H2,2-3H3;1H. The van der Waals surface area contributed by atoms with Crippen LogP contribution in [0.15, 0.2) is 0 Å². The van der Waals surface area contributed by atoms with E-state index in [1.807, 2.05) is 13.8 Å². The molecule has 0 rings (SSSR count). The van der Waals surface area contributed by atoms with Crippen LogP contribution in [0.1, 0.15) is 20.3 Å². The molecule has 0 saturated carbocycles. The van der Waals surface area contributed by atoms with E-state index in [1.54, 1.807) is 0 Å². The van der Waals surface area contributed by atoms with E-state index in [1.165, 1.54) is 0 Å². The van der Waals surface area contributed by atoms with Gasteiger partial charge in [0.2, 0.25) is 0 Å². The molecule has 3 radical (unpaired) electrons. The fourth-order valence-corrected chi connectivity index (χ4v) is 0. The Morgan fingerprint density at radius 1 is 1.50 bits per heavy atom. The molecule has 0 aromatic rings. The van der Waals surface area contributed by atoms with Gasteiger partial charge in [0.15, 0.2) is 0 Å². The van der Waals surface area contributed by atoms with Crippen molar-refractivity contribution in [2.45, 2.75) is 20.3 Å². The van der Waals surface area contributed by atoms with Crippen molar-refractivity contribution >= 4 is 12.4 Å². The molecule has 0 aromatic heterocycles. The Morgan fingerprint density at radius 3 is 1.67 bits per heavy atom. The second-order valence-electron chi connectivity index (χ2n) is 1.60. The Balaban J connectivity index is 0. The lowest BCUT2D eigenvalue weighted by atomic mass is 10.2. The smallest absolute Gasteiger partial charge is 0.00909 e. The van der Waals surface area contributed by atoms with E-state index in [-0.39, 0.29) is 12.4 Å². The lowest BCUT2D eigenvalue weighted by molar-refractivity contribution is 0.661. The van der Waals surface area contributed by atoms with Crippen molar-refractivity contribution in [2.75, 3.05) is 0 Å². The van der Waals surface area contributed by atoms with Gasteiger partial charge in [-0.3, -0.25) is 0 Å². The van der Waals surface area contributed by atoms with Crippen LogP contribution >= 0.6 is 12.4 Å². The summed E-state index contributed by atoms with van der Waals surface area (Å²) in [5, 5.41) is 0. The lowest BCUT2D eigenvalue weighted by Gasteiger charge is -1.89. The van der Waals surface area contributed by atoms with E-state index in [9.17, 15) is 0 Å². The highest BCUT2D eigenvalue weighted by atomic mass is 35.5. The molecule has 0 N–H and O–H groups in total. The first kappa shape index (κ1) is 9.56. The third-order valence-electron chi connectivity index (χ3n) is 0.408. The normalized spacial score (nSPS) is 8.00. The summed E-state index contributed by atoms with van der Waals surface area (Å²) in [6.07, 6.45) is 0.556. The first-order valence-corrected chi connectivity index (χ1v) is 1.92. The minimum absolute atomic E-state index is 0. The number of rotatable bonds is 1. The molecule has 6 heavy (non-hydrogen) atoms. The summed E-state index contributed by atoms with van der Waals surface area (Å²) < 4.78 is 0. The minimum atomic E-state index is 0. The molecule has 0 fully saturated rings. The molecule has 0 aliphatic rings. The monoisotopic (exact) mass is 105 g/mol. The molecule has 37 valence electrons. The molecule has 0 bridgehead atoms. The van der Waals surface area contributed by atoms with Gasteiger partial charge in [-0.1, -0.05) is 13.8 Å². The summed E-state index contributed by atoms with van der Waals surface area (Å²) in [6.45, 7) is 10.7. The van der Waals surface area contributed by atoms with Crippen LogP contribution in [0, 0.1) is 12.8 Å². The van der Waals surface area contributed by atoms with Crippen LogP contribution in [0.5, 0.6) is 0 Å². The molecule has 0 amide bonds. The summed E-state index contributed by atoms with van der Waals surface area (Å²) in [5.41, 5.74) is 0. The van der Waals surface area contributed by atoms with Gasteiger partial charge in [-0.2, -0.15) is 0 Å². The third-order valence-corrected chi connectivity index (χ3v) is 0.408. The first-order chi connectivity index (χ1) is 2.27. The van der Waals surface area contributed by atoms with Gasteiger partial charge in [-0.05, 0) is 19.3 Å². The topological polar surface area (TPSA) is 0 Å². The van der Waals surface area contributed by atoms with E-state index >= 15 is 0 Å². The van der Waals surface area contributed by atoms with Gasteiger partial charge >= 0.3 is 0 Å². The van der Waals surface area contributed by atoms with E-state index in [0.717, 1.165) is 0 Å². The van der Waals surface area contributed by atoms with Crippen molar-refractivity contribution in [3.8, 4) is 0 Å². The average Bonchev–Trinajstić information content (AvgIpc) is 1.38. The van der Waals surface area contributed by atoms with Crippen LogP contribution in [0.2, 0.25) is 0 Å². The van der Waals surface area contributed by atoms with Gasteiger partial charge in [-0.15, -0.1) is 12.4 Å². The Hall–Kier alpha value is 0.290. The van der Waals surface area contributed by atoms with Crippen LogP contribution in [-0.4, -0.2) is 0 Å². The fraction of sp³-hybridized carbons (Fsp3) is 0.800. The Kier molecular flexibility index (Phi) is 8.43. The molecular weight excluding hydrogens is 95.5 g/mol. The van der Waals surface area contributed by atoms with Crippen molar-refractivity contribution in [3.05, 3.63) is 6.92 Å². The van der Waals surface area contributed by atoms with Gasteiger partial charge in [0, 0.05) is 0 Å². The second-order valence-corrected chi connectivity index (χ2v) is 1.60. The second kappa shape index (κ2) is 5.29. The van der Waals surface area contributed by atoms with Crippen LogP contribution in [0.25, 0.3) is 0 Å². The molecule has 0 spiro atoms. The van der Waals surface area contributed by atoms with Crippen molar-refractivity contribution in [3.63, 3.8) is 0 Å². The van der Waals surface area contributed by atoms with Crippen LogP contribution in [0.4, 0.5) is 0 Å². The van der Waals surface area contributed by atoms with Crippen molar-refractivity contribution in [1.29, 1.82) is 0 Å². The maximum absolute atomic E-state index is 6.66. The predicted molar refractivity (Wildman–Crippen MR) is 29.9 cm³/mol. The van der Waals surface area contributed by atoms with Gasteiger partial charge < -0.3 is 0 Å². The third kappa shape index (κ3) is 8.85. The minimum Gasteiger partial charge on any atom is -0.147 e. The van der Waals surface area contributed by atoms with Gasteiger partial charge in [-0.25, -0.2) is 0 Å². The molecule has 0 heterocycles. The zero-order valence-corrected chi connectivity index (χ0v) is 5.01. The van der Waals surface area contributed by atoms with E-state index in [0.29, 0.717) is 12.3 Å². The SMILES string of the molecule is Cl.[C]CC(C)C. The Bertz CT molecular complexity index is 17.9.